The summed E-state index contributed by atoms with van der Waals surface area (Å²) in [5, 5.41) is 21.2. The van der Waals surface area contributed by atoms with Gasteiger partial charge in [0.2, 0.25) is 0 Å². The van der Waals surface area contributed by atoms with Crippen LogP contribution in [0.1, 0.15) is 59.3 Å². The molecule has 17 heavy (non-hydrogen) atoms. The van der Waals surface area contributed by atoms with Gasteiger partial charge in [-0.2, -0.15) is 0 Å². The number of hydrogen-bond acceptors (Lipinski definition) is 2. The third kappa shape index (κ3) is 1.53. The van der Waals surface area contributed by atoms with Gasteiger partial charge >= 0.3 is 0 Å². The molecule has 0 aromatic carbocycles. The van der Waals surface area contributed by atoms with E-state index in [-0.39, 0.29) is 11.5 Å². The van der Waals surface area contributed by atoms with Gasteiger partial charge in [-0.3, -0.25) is 0 Å². The Kier molecular flexibility index (Phi) is 2.30. The first-order valence-corrected chi connectivity index (χ1v) is 7.17. The molecule has 0 aromatic heterocycles. The second-order valence-corrected chi connectivity index (χ2v) is 7.93. The van der Waals surface area contributed by atoms with Gasteiger partial charge in [-0.15, -0.1) is 0 Å². The minimum atomic E-state index is -0.481. The second-order valence-electron chi connectivity index (χ2n) is 7.93. The Labute approximate surface area is 104 Å². The fraction of sp³-hybridized carbons (Fsp3) is 1.00. The van der Waals surface area contributed by atoms with Gasteiger partial charge in [0.25, 0.3) is 0 Å². The van der Waals surface area contributed by atoms with Crippen LogP contribution in [0.2, 0.25) is 0 Å². The molecule has 2 nitrogen and oxygen atoms in total. The summed E-state index contributed by atoms with van der Waals surface area (Å²) >= 11 is 0. The molecule has 0 aliphatic heterocycles. The highest BCUT2D eigenvalue weighted by atomic mass is 16.3. The van der Waals surface area contributed by atoms with E-state index in [1.165, 1.54) is 12.8 Å². The Morgan fingerprint density at radius 2 is 1.71 bits per heavy atom. The third-order valence-electron chi connectivity index (χ3n) is 6.32. The van der Waals surface area contributed by atoms with E-state index < -0.39 is 5.60 Å². The third-order valence-corrected chi connectivity index (χ3v) is 6.32. The van der Waals surface area contributed by atoms with Crippen LogP contribution in [0.4, 0.5) is 0 Å². The molecule has 0 heterocycles. The topological polar surface area (TPSA) is 40.5 Å². The molecule has 3 aliphatic carbocycles. The van der Waals surface area contributed by atoms with Crippen molar-refractivity contribution < 1.29 is 10.2 Å². The molecule has 0 saturated heterocycles. The van der Waals surface area contributed by atoms with Crippen molar-refractivity contribution in [3.8, 4) is 0 Å². The van der Waals surface area contributed by atoms with E-state index in [1.807, 2.05) is 0 Å². The lowest BCUT2D eigenvalue weighted by molar-refractivity contribution is -0.176. The van der Waals surface area contributed by atoms with E-state index in [1.54, 1.807) is 0 Å². The molecule has 2 N–H and O–H groups in total. The van der Waals surface area contributed by atoms with Crippen molar-refractivity contribution in [1.82, 2.24) is 0 Å². The summed E-state index contributed by atoms with van der Waals surface area (Å²) in [4.78, 5) is 0. The van der Waals surface area contributed by atoms with Crippen LogP contribution >= 0.6 is 0 Å². The summed E-state index contributed by atoms with van der Waals surface area (Å²) in [5.41, 5.74) is -0.121. The maximum absolute atomic E-state index is 11.0. The van der Waals surface area contributed by atoms with Crippen molar-refractivity contribution in [3.63, 3.8) is 0 Å². The number of hydrogen-bond donors (Lipinski definition) is 2. The highest BCUT2D eigenvalue weighted by Crippen LogP contribution is 2.64. The first kappa shape index (κ1) is 12.0. The van der Waals surface area contributed by atoms with Crippen LogP contribution in [0, 0.1) is 22.7 Å². The van der Waals surface area contributed by atoms with Gasteiger partial charge in [-0.25, -0.2) is 0 Å². The Morgan fingerprint density at radius 3 is 2.35 bits per heavy atom. The zero-order valence-electron chi connectivity index (χ0n) is 11.4. The van der Waals surface area contributed by atoms with Gasteiger partial charge in [-0.1, -0.05) is 20.8 Å². The summed E-state index contributed by atoms with van der Waals surface area (Å²) in [5.74, 6) is 1.16. The molecular weight excluding hydrogens is 212 g/mol. The molecule has 0 aromatic rings. The van der Waals surface area contributed by atoms with E-state index in [0.717, 1.165) is 25.7 Å². The lowest BCUT2D eigenvalue weighted by Gasteiger charge is -2.58. The maximum Gasteiger partial charge on any atom is 0.0686 e. The van der Waals surface area contributed by atoms with Crippen LogP contribution in [0.3, 0.4) is 0 Å². The zero-order valence-corrected chi connectivity index (χ0v) is 11.4. The minimum absolute atomic E-state index is 0.0413. The lowest BCUT2D eigenvalue weighted by atomic mass is 9.49. The van der Waals surface area contributed by atoms with Crippen LogP contribution in [-0.2, 0) is 0 Å². The van der Waals surface area contributed by atoms with Crippen molar-refractivity contribution in [3.05, 3.63) is 0 Å². The molecule has 2 bridgehead atoms. The molecule has 0 spiro atoms. The Morgan fingerprint density at radius 1 is 1.00 bits per heavy atom. The predicted molar refractivity (Wildman–Crippen MR) is 67.5 cm³/mol. The molecule has 3 rings (SSSR count). The van der Waals surface area contributed by atoms with Crippen molar-refractivity contribution >= 4 is 0 Å². The predicted octanol–water partition coefficient (Wildman–Crippen LogP) is 2.72. The smallest absolute Gasteiger partial charge is 0.0686 e. The van der Waals surface area contributed by atoms with E-state index >= 15 is 0 Å². The fourth-order valence-corrected chi connectivity index (χ4v) is 5.10. The van der Waals surface area contributed by atoms with E-state index in [9.17, 15) is 10.2 Å². The van der Waals surface area contributed by atoms with Gasteiger partial charge < -0.3 is 10.2 Å². The van der Waals surface area contributed by atoms with Crippen molar-refractivity contribution in [1.29, 1.82) is 0 Å². The molecule has 0 amide bonds. The maximum atomic E-state index is 11.0. The van der Waals surface area contributed by atoms with Gasteiger partial charge in [0.15, 0.2) is 0 Å². The van der Waals surface area contributed by atoms with Gasteiger partial charge in [0.05, 0.1) is 11.7 Å². The monoisotopic (exact) mass is 238 g/mol. The molecule has 98 valence electrons. The minimum Gasteiger partial charge on any atom is -0.393 e. The second kappa shape index (κ2) is 3.27. The normalized spacial score (nSPS) is 56.6. The van der Waals surface area contributed by atoms with E-state index in [2.05, 4.69) is 20.8 Å². The number of aliphatic hydroxyl groups is 2. The van der Waals surface area contributed by atoms with Crippen LogP contribution in [-0.4, -0.2) is 21.9 Å². The van der Waals surface area contributed by atoms with Crippen molar-refractivity contribution in [2.45, 2.75) is 71.0 Å². The largest absolute Gasteiger partial charge is 0.393 e. The first-order chi connectivity index (χ1) is 7.77. The first-order valence-electron chi connectivity index (χ1n) is 7.17. The zero-order chi connectivity index (χ0) is 12.5. The molecule has 3 saturated carbocycles. The standard InChI is InChI=1S/C15H26O2/c1-13(2)8-11-10(13)4-6-14(3)9-15(11,17)7-5-12(14)16/h10-12,16-17H,4-9H2,1-3H3/t10?,11?,12?,14-,15+/m0/s1. The van der Waals surface area contributed by atoms with E-state index in [0.29, 0.717) is 17.3 Å². The van der Waals surface area contributed by atoms with E-state index in [4.69, 9.17) is 0 Å². The summed E-state index contributed by atoms with van der Waals surface area (Å²) in [6.07, 6.45) is 5.65. The van der Waals surface area contributed by atoms with Gasteiger partial charge in [0.1, 0.15) is 0 Å². The highest BCUT2D eigenvalue weighted by Gasteiger charge is 2.61. The summed E-state index contributed by atoms with van der Waals surface area (Å²) in [6, 6.07) is 0. The lowest BCUT2D eigenvalue weighted by Crippen LogP contribution is -2.57. The molecule has 3 unspecified atom stereocenters. The van der Waals surface area contributed by atoms with Crippen LogP contribution in [0.25, 0.3) is 0 Å². The SMILES string of the molecule is CC1(C)CC2C1CC[C@@]1(C)C[C@]2(O)CCC1O. The van der Waals surface area contributed by atoms with Crippen molar-refractivity contribution in [2.75, 3.05) is 0 Å². The summed E-state index contributed by atoms with van der Waals surface area (Å²) < 4.78 is 0. The Bertz CT molecular complexity index is 338. The molecule has 0 radical (unpaired) electrons. The van der Waals surface area contributed by atoms with Gasteiger partial charge in [0, 0.05) is 0 Å². The molecule has 3 aliphatic rings. The average Bonchev–Trinajstić information content (AvgIpc) is 2.28. The highest BCUT2D eigenvalue weighted by molar-refractivity contribution is 5.12. The van der Waals surface area contributed by atoms with Crippen LogP contribution in [0.15, 0.2) is 0 Å². The number of rotatable bonds is 0. The molecular formula is C15H26O2. The summed E-state index contributed by atoms with van der Waals surface area (Å²) in [6.45, 7) is 6.86. The molecule has 5 atom stereocenters. The fourth-order valence-electron chi connectivity index (χ4n) is 5.10. The van der Waals surface area contributed by atoms with Crippen LogP contribution < -0.4 is 0 Å². The number of aliphatic hydroxyl groups excluding tert-OH is 1. The van der Waals surface area contributed by atoms with Crippen LogP contribution in [0.5, 0.6) is 0 Å². The van der Waals surface area contributed by atoms with Gasteiger partial charge in [-0.05, 0) is 61.2 Å². The summed E-state index contributed by atoms with van der Waals surface area (Å²) in [7, 11) is 0. The van der Waals surface area contributed by atoms with Crippen molar-refractivity contribution in [2.24, 2.45) is 22.7 Å². The number of fused-ring (bicyclic) bond motifs is 4. The molecule has 3 fully saturated rings. The Balaban J connectivity index is 1.93. The average molecular weight is 238 g/mol. The molecule has 2 heteroatoms. The Hall–Kier alpha value is -0.0800. The quantitative estimate of drug-likeness (QED) is 0.681.